The fraction of sp³-hybridized carbons (Fsp3) is 0.273. The smallest absolute Gasteiger partial charge is 0.326 e. The number of nitrogens with one attached hydrogen (secondary N) is 1. The number of rotatable bonds is 4. The number of benzene rings is 1. The van der Waals surface area contributed by atoms with Gasteiger partial charge in [-0.25, -0.2) is 4.79 Å². The summed E-state index contributed by atoms with van der Waals surface area (Å²) in [6, 6.07) is 6.01. The molecule has 0 fully saturated rings. The van der Waals surface area contributed by atoms with E-state index < -0.39 is 12.0 Å². The van der Waals surface area contributed by atoms with Crippen LogP contribution in [0.1, 0.15) is 12.5 Å². The lowest BCUT2D eigenvalue weighted by Gasteiger charge is -2.13. The molecule has 4 nitrogen and oxygen atoms in total. The molecule has 1 rings (SSSR count). The summed E-state index contributed by atoms with van der Waals surface area (Å²) >= 11 is 5.90. The summed E-state index contributed by atoms with van der Waals surface area (Å²) in [5, 5.41) is 11.8. The molecule has 5 heteroatoms. The second-order valence-corrected chi connectivity index (χ2v) is 3.79. The zero-order valence-electron chi connectivity index (χ0n) is 8.74. The molecule has 0 aromatic heterocycles. The Kier molecular flexibility index (Phi) is 4.31. The molecule has 2 N–H and O–H groups in total. The van der Waals surface area contributed by atoms with Crippen LogP contribution in [0, 0.1) is 0 Å². The standard InChI is InChI=1S/C11H12ClNO3/c1-7(14)13-10(11(15)16)6-8-4-2-3-5-9(8)12/h2-5,10H,6H2,1H3,(H,13,14)(H,15,16). The Morgan fingerprint density at radius 1 is 1.44 bits per heavy atom. The first-order valence-electron chi connectivity index (χ1n) is 4.74. The zero-order chi connectivity index (χ0) is 12.1. The lowest BCUT2D eigenvalue weighted by Crippen LogP contribution is -2.41. The van der Waals surface area contributed by atoms with E-state index in [1.165, 1.54) is 6.92 Å². The average molecular weight is 242 g/mol. The number of aliphatic carboxylic acids is 1. The first kappa shape index (κ1) is 12.5. The first-order valence-corrected chi connectivity index (χ1v) is 5.12. The summed E-state index contributed by atoms with van der Waals surface area (Å²) in [5.74, 6) is -1.45. The van der Waals surface area contributed by atoms with E-state index in [1.54, 1.807) is 24.3 Å². The van der Waals surface area contributed by atoms with Gasteiger partial charge in [0, 0.05) is 18.4 Å². The number of carbonyl (C=O) groups excluding carboxylic acids is 1. The van der Waals surface area contributed by atoms with Crippen molar-refractivity contribution in [2.24, 2.45) is 0 Å². The summed E-state index contributed by atoms with van der Waals surface area (Å²) in [6.45, 7) is 1.28. The number of hydrogen-bond donors (Lipinski definition) is 2. The van der Waals surface area contributed by atoms with Crippen LogP contribution in [0.15, 0.2) is 24.3 Å². The fourth-order valence-electron chi connectivity index (χ4n) is 1.33. The van der Waals surface area contributed by atoms with Crippen molar-refractivity contribution < 1.29 is 14.7 Å². The number of carboxylic acids is 1. The van der Waals surface area contributed by atoms with Crippen molar-refractivity contribution in [3.8, 4) is 0 Å². The van der Waals surface area contributed by atoms with E-state index in [1.807, 2.05) is 0 Å². The second kappa shape index (κ2) is 5.51. The Bertz CT molecular complexity index is 406. The van der Waals surface area contributed by atoms with Gasteiger partial charge in [-0.2, -0.15) is 0 Å². The van der Waals surface area contributed by atoms with Crippen LogP contribution >= 0.6 is 11.6 Å². The van der Waals surface area contributed by atoms with Crippen molar-refractivity contribution in [2.45, 2.75) is 19.4 Å². The third-order valence-corrected chi connectivity index (χ3v) is 2.43. The Morgan fingerprint density at radius 2 is 2.06 bits per heavy atom. The van der Waals surface area contributed by atoms with Crippen LogP contribution in [0.5, 0.6) is 0 Å². The maximum atomic E-state index is 10.9. The fourth-order valence-corrected chi connectivity index (χ4v) is 1.54. The minimum absolute atomic E-state index is 0.175. The van der Waals surface area contributed by atoms with Gasteiger partial charge in [0.05, 0.1) is 0 Å². The van der Waals surface area contributed by atoms with Crippen molar-refractivity contribution in [3.63, 3.8) is 0 Å². The number of hydrogen-bond acceptors (Lipinski definition) is 2. The normalized spacial score (nSPS) is 11.9. The Morgan fingerprint density at radius 3 is 2.56 bits per heavy atom. The molecular weight excluding hydrogens is 230 g/mol. The van der Waals surface area contributed by atoms with E-state index >= 15 is 0 Å². The monoisotopic (exact) mass is 241 g/mol. The molecule has 1 unspecified atom stereocenters. The van der Waals surface area contributed by atoms with Crippen LogP contribution < -0.4 is 5.32 Å². The van der Waals surface area contributed by atoms with Gasteiger partial charge in [0.15, 0.2) is 0 Å². The number of halogens is 1. The first-order chi connectivity index (χ1) is 7.50. The summed E-state index contributed by atoms with van der Waals surface area (Å²) in [6.07, 6.45) is 0.175. The van der Waals surface area contributed by atoms with Gasteiger partial charge in [0.1, 0.15) is 6.04 Å². The highest BCUT2D eigenvalue weighted by molar-refractivity contribution is 6.31. The van der Waals surface area contributed by atoms with Crippen LogP contribution in [0.2, 0.25) is 5.02 Å². The predicted octanol–water partition coefficient (Wildman–Crippen LogP) is 1.47. The number of amides is 1. The van der Waals surface area contributed by atoms with Gasteiger partial charge in [0.2, 0.25) is 5.91 Å². The van der Waals surface area contributed by atoms with E-state index in [-0.39, 0.29) is 12.3 Å². The average Bonchev–Trinajstić information content (AvgIpc) is 2.19. The van der Waals surface area contributed by atoms with Crippen LogP contribution in [0.4, 0.5) is 0 Å². The highest BCUT2D eigenvalue weighted by Gasteiger charge is 2.19. The molecule has 0 saturated carbocycles. The van der Waals surface area contributed by atoms with Gasteiger partial charge in [-0.1, -0.05) is 29.8 Å². The lowest BCUT2D eigenvalue weighted by atomic mass is 10.1. The maximum absolute atomic E-state index is 10.9. The van der Waals surface area contributed by atoms with Crippen LogP contribution in [-0.2, 0) is 16.0 Å². The van der Waals surface area contributed by atoms with Crippen molar-refractivity contribution in [1.82, 2.24) is 5.32 Å². The molecule has 0 radical (unpaired) electrons. The quantitative estimate of drug-likeness (QED) is 0.839. The summed E-state index contributed by atoms with van der Waals surface area (Å²) in [5.41, 5.74) is 0.699. The van der Waals surface area contributed by atoms with Crippen molar-refractivity contribution >= 4 is 23.5 Å². The van der Waals surface area contributed by atoms with Crippen molar-refractivity contribution in [1.29, 1.82) is 0 Å². The van der Waals surface area contributed by atoms with E-state index in [4.69, 9.17) is 16.7 Å². The van der Waals surface area contributed by atoms with Crippen LogP contribution in [0.3, 0.4) is 0 Å². The Hall–Kier alpha value is -1.55. The van der Waals surface area contributed by atoms with Gasteiger partial charge in [-0.15, -0.1) is 0 Å². The van der Waals surface area contributed by atoms with Gasteiger partial charge in [0.25, 0.3) is 0 Å². The molecule has 0 heterocycles. The second-order valence-electron chi connectivity index (χ2n) is 3.39. The molecule has 1 atom stereocenters. The maximum Gasteiger partial charge on any atom is 0.326 e. The molecule has 1 amide bonds. The molecule has 0 aliphatic rings. The third kappa shape index (κ3) is 3.55. The lowest BCUT2D eigenvalue weighted by molar-refractivity contribution is -0.141. The van der Waals surface area contributed by atoms with Crippen LogP contribution in [0.25, 0.3) is 0 Å². The van der Waals surface area contributed by atoms with Gasteiger partial charge >= 0.3 is 5.97 Å². The predicted molar refractivity (Wildman–Crippen MR) is 60.4 cm³/mol. The van der Waals surface area contributed by atoms with Gasteiger partial charge < -0.3 is 10.4 Å². The SMILES string of the molecule is CC(=O)NC(Cc1ccccc1Cl)C(=O)O. The molecule has 0 aliphatic carbocycles. The van der Waals surface area contributed by atoms with Crippen LogP contribution in [-0.4, -0.2) is 23.0 Å². The van der Waals surface area contributed by atoms with Crippen molar-refractivity contribution in [2.75, 3.05) is 0 Å². The van der Waals surface area contributed by atoms with Crippen molar-refractivity contribution in [3.05, 3.63) is 34.9 Å². The van der Waals surface area contributed by atoms with E-state index in [0.29, 0.717) is 10.6 Å². The molecule has 0 aliphatic heterocycles. The third-order valence-electron chi connectivity index (χ3n) is 2.06. The molecule has 1 aromatic carbocycles. The number of carboxylic acid groups (broad SMARTS) is 1. The molecule has 0 spiro atoms. The molecule has 86 valence electrons. The number of carbonyl (C=O) groups is 2. The highest BCUT2D eigenvalue weighted by Crippen LogP contribution is 2.16. The topological polar surface area (TPSA) is 66.4 Å². The van der Waals surface area contributed by atoms with Gasteiger partial charge in [-0.05, 0) is 11.6 Å². The summed E-state index contributed by atoms with van der Waals surface area (Å²) < 4.78 is 0. The van der Waals surface area contributed by atoms with E-state index in [2.05, 4.69) is 5.32 Å². The van der Waals surface area contributed by atoms with E-state index in [0.717, 1.165) is 0 Å². The highest BCUT2D eigenvalue weighted by atomic mass is 35.5. The van der Waals surface area contributed by atoms with Gasteiger partial charge in [-0.3, -0.25) is 4.79 Å². The largest absolute Gasteiger partial charge is 0.480 e. The molecule has 0 saturated heterocycles. The molecule has 16 heavy (non-hydrogen) atoms. The summed E-state index contributed by atoms with van der Waals surface area (Å²) in [4.78, 5) is 21.7. The van der Waals surface area contributed by atoms with E-state index in [9.17, 15) is 9.59 Å². The molecule has 0 bridgehead atoms. The minimum atomic E-state index is -1.07. The minimum Gasteiger partial charge on any atom is -0.480 e. The zero-order valence-corrected chi connectivity index (χ0v) is 9.49. The Labute approximate surface area is 98.2 Å². The molecule has 1 aromatic rings. The molecular formula is C11H12ClNO3. The Balaban J connectivity index is 2.80. The summed E-state index contributed by atoms with van der Waals surface area (Å²) in [7, 11) is 0.